The van der Waals surface area contributed by atoms with Crippen LogP contribution in [0.25, 0.3) is 0 Å². The summed E-state index contributed by atoms with van der Waals surface area (Å²) in [6.45, 7) is 1.96. The summed E-state index contributed by atoms with van der Waals surface area (Å²) in [6, 6.07) is 17.3. The molecule has 2 nitrogen and oxygen atoms in total. The molecule has 0 heterocycles. The Labute approximate surface area is 114 Å². The van der Waals surface area contributed by atoms with Crippen LogP contribution in [0.5, 0.6) is 5.75 Å². The molecule has 0 saturated heterocycles. The van der Waals surface area contributed by atoms with Crippen LogP contribution in [0.3, 0.4) is 0 Å². The van der Waals surface area contributed by atoms with Gasteiger partial charge in [-0.05, 0) is 18.1 Å². The molecular formula is C17H18O2. The van der Waals surface area contributed by atoms with Gasteiger partial charge in [-0.15, -0.1) is 0 Å². The first-order chi connectivity index (χ1) is 9.22. The third-order valence-corrected chi connectivity index (χ3v) is 3.22. The SMILES string of the molecule is COc1ccccc1CC(C)C(=O)c1ccccc1. The summed E-state index contributed by atoms with van der Waals surface area (Å²) < 4.78 is 5.32. The number of Topliss-reactive ketones (excluding diaryl/α,β-unsaturated/α-hetero) is 1. The zero-order chi connectivity index (χ0) is 13.7. The third-order valence-electron chi connectivity index (χ3n) is 3.22. The largest absolute Gasteiger partial charge is 0.496 e. The molecule has 0 aliphatic rings. The fourth-order valence-electron chi connectivity index (χ4n) is 2.18. The zero-order valence-electron chi connectivity index (χ0n) is 11.3. The number of hydrogen-bond donors (Lipinski definition) is 0. The van der Waals surface area contributed by atoms with Gasteiger partial charge in [-0.25, -0.2) is 0 Å². The number of ether oxygens (including phenoxy) is 1. The Bertz CT molecular complexity index is 546. The maximum absolute atomic E-state index is 12.3. The van der Waals surface area contributed by atoms with Crippen molar-refractivity contribution in [2.45, 2.75) is 13.3 Å². The molecule has 0 aromatic heterocycles. The topological polar surface area (TPSA) is 26.3 Å². The lowest BCUT2D eigenvalue weighted by Gasteiger charge is -2.13. The first-order valence-corrected chi connectivity index (χ1v) is 6.43. The Morgan fingerprint density at radius 2 is 1.68 bits per heavy atom. The van der Waals surface area contributed by atoms with Crippen LogP contribution in [0, 0.1) is 5.92 Å². The minimum absolute atomic E-state index is 0.0568. The van der Waals surface area contributed by atoms with E-state index in [0.29, 0.717) is 6.42 Å². The minimum Gasteiger partial charge on any atom is -0.496 e. The van der Waals surface area contributed by atoms with Gasteiger partial charge in [-0.2, -0.15) is 0 Å². The maximum atomic E-state index is 12.3. The van der Waals surface area contributed by atoms with Crippen molar-refractivity contribution in [3.05, 3.63) is 65.7 Å². The number of carbonyl (C=O) groups is 1. The van der Waals surface area contributed by atoms with Gasteiger partial charge in [-0.1, -0.05) is 55.5 Å². The Morgan fingerprint density at radius 3 is 2.37 bits per heavy atom. The maximum Gasteiger partial charge on any atom is 0.165 e. The van der Waals surface area contributed by atoms with Gasteiger partial charge in [0.15, 0.2) is 5.78 Å². The van der Waals surface area contributed by atoms with Crippen molar-refractivity contribution in [1.29, 1.82) is 0 Å². The van der Waals surface area contributed by atoms with Gasteiger partial charge in [0.1, 0.15) is 5.75 Å². The van der Waals surface area contributed by atoms with Gasteiger partial charge in [-0.3, -0.25) is 4.79 Å². The van der Waals surface area contributed by atoms with Crippen LogP contribution in [0.4, 0.5) is 0 Å². The summed E-state index contributed by atoms with van der Waals surface area (Å²) in [5, 5.41) is 0. The van der Waals surface area contributed by atoms with Crippen LogP contribution in [-0.2, 0) is 6.42 Å². The molecule has 19 heavy (non-hydrogen) atoms. The molecule has 0 spiro atoms. The molecule has 2 aromatic carbocycles. The number of benzene rings is 2. The molecule has 2 heteroatoms. The Morgan fingerprint density at radius 1 is 1.05 bits per heavy atom. The highest BCUT2D eigenvalue weighted by Crippen LogP contribution is 2.22. The van der Waals surface area contributed by atoms with E-state index in [-0.39, 0.29) is 11.7 Å². The number of ketones is 1. The first-order valence-electron chi connectivity index (χ1n) is 6.43. The molecule has 1 atom stereocenters. The second-order valence-electron chi connectivity index (χ2n) is 4.65. The average molecular weight is 254 g/mol. The van der Waals surface area contributed by atoms with E-state index in [4.69, 9.17) is 4.74 Å². The van der Waals surface area contributed by atoms with Crippen molar-refractivity contribution in [3.8, 4) is 5.75 Å². The summed E-state index contributed by atoms with van der Waals surface area (Å²) in [5.41, 5.74) is 1.84. The van der Waals surface area contributed by atoms with Gasteiger partial charge in [0.2, 0.25) is 0 Å². The van der Waals surface area contributed by atoms with E-state index in [2.05, 4.69) is 0 Å². The van der Waals surface area contributed by atoms with Crippen molar-refractivity contribution in [3.63, 3.8) is 0 Å². The highest BCUT2D eigenvalue weighted by molar-refractivity contribution is 5.97. The van der Waals surface area contributed by atoms with Gasteiger partial charge < -0.3 is 4.74 Å². The molecule has 0 radical (unpaired) electrons. The smallest absolute Gasteiger partial charge is 0.165 e. The molecule has 0 aliphatic carbocycles. The van der Waals surface area contributed by atoms with E-state index in [0.717, 1.165) is 16.9 Å². The van der Waals surface area contributed by atoms with E-state index < -0.39 is 0 Å². The van der Waals surface area contributed by atoms with Crippen molar-refractivity contribution in [1.82, 2.24) is 0 Å². The first kappa shape index (κ1) is 13.3. The Balaban J connectivity index is 2.13. The quantitative estimate of drug-likeness (QED) is 0.759. The number of hydrogen-bond acceptors (Lipinski definition) is 2. The van der Waals surface area contributed by atoms with E-state index in [1.54, 1.807) is 7.11 Å². The Kier molecular flexibility index (Phi) is 4.35. The van der Waals surface area contributed by atoms with Crippen molar-refractivity contribution in [2.24, 2.45) is 5.92 Å². The molecule has 0 fully saturated rings. The van der Waals surface area contributed by atoms with E-state index >= 15 is 0 Å². The lowest BCUT2D eigenvalue weighted by Crippen LogP contribution is -2.14. The van der Waals surface area contributed by atoms with Crippen LogP contribution < -0.4 is 4.74 Å². The van der Waals surface area contributed by atoms with E-state index in [9.17, 15) is 4.79 Å². The molecule has 0 saturated carbocycles. The van der Waals surface area contributed by atoms with Crippen molar-refractivity contribution < 1.29 is 9.53 Å². The molecular weight excluding hydrogens is 236 g/mol. The van der Waals surface area contributed by atoms with Crippen LogP contribution in [-0.4, -0.2) is 12.9 Å². The second kappa shape index (κ2) is 6.19. The van der Waals surface area contributed by atoms with Gasteiger partial charge in [0.05, 0.1) is 7.11 Å². The van der Waals surface area contributed by atoms with Crippen LogP contribution in [0.2, 0.25) is 0 Å². The summed E-state index contributed by atoms with van der Waals surface area (Å²) in [4.78, 5) is 12.3. The minimum atomic E-state index is -0.0568. The highest BCUT2D eigenvalue weighted by atomic mass is 16.5. The number of rotatable bonds is 5. The molecule has 0 aliphatic heterocycles. The van der Waals surface area contributed by atoms with Crippen LogP contribution >= 0.6 is 0 Å². The molecule has 98 valence electrons. The number of para-hydroxylation sites is 1. The highest BCUT2D eigenvalue weighted by Gasteiger charge is 2.16. The third kappa shape index (κ3) is 3.22. The standard InChI is InChI=1S/C17H18O2/c1-13(17(18)14-8-4-3-5-9-14)12-15-10-6-7-11-16(15)19-2/h3-11,13H,12H2,1-2H3. The van der Waals surface area contributed by atoms with E-state index in [1.165, 1.54) is 0 Å². The Hall–Kier alpha value is -2.09. The van der Waals surface area contributed by atoms with Gasteiger partial charge in [0.25, 0.3) is 0 Å². The van der Waals surface area contributed by atoms with Crippen molar-refractivity contribution in [2.75, 3.05) is 7.11 Å². The van der Waals surface area contributed by atoms with Gasteiger partial charge >= 0.3 is 0 Å². The normalized spacial score (nSPS) is 11.9. The molecule has 2 rings (SSSR count). The van der Waals surface area contributed by atoms with Crippen LogP contribution in [0.1, 0.15) is 22.8 Å². The summed E-state index contributed by atoms with van der Waals surface area (Å²) >= 11 is 0. The van der Waals surface area contributed by atoms with E-state index in [1.807, 2.05) is 61.5 Å². The summed E-state index contributed by atoms with van der Waals surface area (Å²) in [7, 11) is 1.66. The molecule has 0 amide bonds. The fourth-order valence-corrected chi connectivity index (χ4v) is 2.18. The number of carbonyl (C=O) groups excluding carboxylic acids is 1. The summed E-state index contributed by atoms with van der Waals surface area (Å²) in [5.74, 6) is 0.959. The lowest BCUT2D eigenvalue weighted by atomic mass is 9.92. The van der Waals surface area contributed by atoms with Crippen LogP contribution in [0.15, 0.2) is 54.6 Å². The molecule has 0 N–H and O–H groups in total. The fraction of sp³-hybridized carbons (Fsp3) is 0.235. The summed E-state index contributed by atoms with van der Waals surface area (Å²) in [6.07, 6.45) is 0.692. The lowest BCUT2D eigenvalue weighted by molar-refractivity contribution is 0.0929. The molecule has 1 unspecified atom stereocenters. The van der Waals surface area contributed by atoms with Gasteiger partial charge in [0, 0.05) is 11.5 Å². The number of methoxy groups -OCH3 is 1. The predicted octanol–water partition coefficient (Wildman–Crippen LogP) is 3.76. The molecule has 2 aromatic rings. The monoisotopic (exact) mass is 254 g/mol. The predicted molar refractivity (Wildman–Crippen MR) is 76.6 cm³/mol. The zero-order valence-corrected chi connectivity index (χ0v) is 11.3. The molecule has 0 bridgehead atoms. The van der Waals surface area contributed by atoms with Crippen molar-refractivity contribution >= 4 is 5.78 Å². The average Bonchev–Trinajstić information content (AvgIpc) is 2.48. The second-order valence-corrected chi connectivity index (χ2v) is 4.65.